The van der Waals surface area contributed by atoms with E-state index in [0.29, 0.717) is 22.0 Å². The fourth-order valence-corrected chi connectivity index (χ4v) is 6.29. The molecular formula is C20H23ClN2O2. The summed E-state index contributed by atoms with van der Waals surface area (Å²) in [5.74, 6) is 4.84. The molecule has 6 rings (SSSR count). The molecule has 5 heteroatoms. The molecule has 0 radical (unpaired) electrons. The number of methoxy groups -OCH3 is 1. The number of rotatable bonds is 4. The van der Waals surface area contributed by atoms with Crippen molar-refractivity contribution in [2.45, 2.75) is 44.9 Å². The third-order valence-electron chi connectivity index (χ3n) is 6.56. The molecule has 4 bridgehead atoms. The van der Waals surface area contributed by atoms with E-state index in [9.17, 15) is 0 Å². The lowest BCUT2D eigenvalue weighted by molar-refractivity contribution is -0.0556. The Labute approximate surface area is 152 Å². The smallest absolute Gasteiger partial charge is 0.227 e. The standard InChI is InChI=1S/C20H23ClN2O2/c1-24-17-3-2-15(21)7-16(17)19-22-18(25-23-19)11-20-8-12-4-13(9-20)6-14(5-12)10-20/h2-3,7,12-14H,4-6,8-11H2,1H3. The molecule has 2 aromatic rings. The van der Waals surface area contributed by atoms with Gasteiger partial charge in [0.05, 0.1) is 12.7 Å². The van der Waals surface area contributed by atoms with Crippen LogP contribution in [0.1, 0.15) is 44.4 Å². The van der Waals surface area contributed by atoms with Gasteiger partial charge in [-0.3, -0.25) is 0 Å². The van der Waals surface area contributed by atoms with E-state index >= 15 is 0 Å². The number of nitrogens with zero attached hydrogens (tertiary/aromatic N) is 2. The molecule has 1 aromatic heterocycles. The first-order valence-electron chi connectivity index (χ1n) is 9.29. The molecule has 0 aliphatic heterocycles. The summed E-state index contributed by atoms with van der Waals surface area (Å²) < 4.78 is 11.1. The van der Waals surface area contributed by atoms with Gasteiger partial charge in [0.1, 0.15) is 5.75 Å². The third kappa shape index (κ3) is 2.75. The molecule has 4 nitrogen and oxygen atoms in total. The maximum Gasteiger partial charge on any atom is 0.227 e. The van der Waals surface area contributed by atoms with Crippen LogP contribution in [0.3, 0.4) is 0 Å². The van der Waals surface area contributed by atoms with Crippen LogP contribution in [-0.2, 0) is 6.42 Å². The van der Waals surface area contributed by atoms with Gasteiger partial charge in [-0.2, -0.15) is 4.98 Å². The second-order valence-electron chi connectivity index (χ2n) is 8.45. The monoisotopic (exact) mass is 358 g/mol. The largest absolute Gasteiger partial charge is 0.496 e. The Kier molecular flexibility index (Phi) is 3.60. The fourth-order valence-electron chi connectivity index (χ4n) is 6.12. The average molecular weight is 359 g/mol. The number of benzene rings is 1. The Morgan fingerprint density at radius 1 is 1.16 bits per heavy atom. The predicted octanol–water partition coefficient (Wildman–Crippen LogP) is 5.16. The second-order valence-corrected chi connectivity index (χ2v) is 8.89. The molecular weight excluding hydrogens is 336 g/mol. The average Bonchev–Trinajstić information content (AvgIpc) is 3.01. The Morgan fingerprint density at radius 2 is 1.84 bits per heavy atom. The first-order chi connectivity index (χ1) is 12.1. The lowest BCUT2D eigenvalue weighted by Crippen LogP contribution is -2.47. The van der Waals surface area contributed by atoms with Crippen LogP contribution in [0.15, 0.2) is 22.7 Å². The van der Waals surface area contributed by atoms with E-state index in [0.717, 1.165) is 35.6 Å². The van der Waals surface area contributed by atoms with Crippen molar-refractivity contribution >= 4 is 11.6 Å². The number of hydrogen-bond acceptors (Lipinski definition) is 4. The SMILES string of the molecule is COc1ccc(Cl)cc1-c1noc(CC23CC4CC(CC(C4)C2)C3)n1. The van der Waals surface area contributed by atoms with Crippen LogP contribution in [0.5, 0.6) is 5.75 Å². The van der Waals surface area contributed by atoms with Gasteiger partial charge in [-0.25, -0.2) is 0 Å². The number of halogens is 1. The van der Waals surface area contributed by atoms with E-state index in [1.54, 1.807) is 13.2 Å². The molecule has 25 heavy (non-hydrogen) atoms. The number of aromatic nitrogens is 2. The van der Waals surface area contributed by atoms with E-state index in [2.05, 4.69) is 10.1 Å². The molecule has 0 saturated heterocycles. The molecule has 4 aliphatic rings. The first-order valence-corrected chi connectivity index (χ1v) is 9.67. The molecule has 0 N–H and O–H groups in total. The molecule has 1 heterocycles. The predicted molar refractivity (Wildman–Crippen MR) is 95.6 cm³/mol. The van der Waals surface area contributed by atoms with Crippen molar-refractivity contribution < 1.29 is 9.26 Å². The van der Waals surface area contributed by atoms with E-state index in [-0.39, 0.29) is 0 Å². The van der Waals surface area contributed by atoms with Gasteiger partial charge in [-0.05, 0) is 79.9 Å². The summed E-state index contributed by atoms with van der Waals surface area (Å²) in [6.07, 6.45) is 9.31. The minimum absolute atomic E-state index is 0.400. The van der Waals surface area contributed by atoms with E-state index in [1.165, 1.54) is 38.5 Å². The van der Waals surface area contributed by atoms with Crippen molar-refractivity contribution in [3.8, 4) is 17.1 Å². The second kappa shape index (κ2) is 5.73. The van der Waals surface area contributed by atoms with Gasteiger partial charge >= 0.3 is 0 Å². The van der Waals surface area contributed by atoms with E-state index < -0.39 is 0 Å². The molecule has 4 aliphatic carbocycles. The van der Waals surface area contributed by atoms with Gasteiger partial charge in [-0.1, -0.05) is 16.8 Å². The van der Waals surface area contributed by atoms with Crippen LogP contribution >= 0.6 is 11.6 Å². The fraction of sp³-hybridized carbons (Fsp3) is 0.600. The molecule has 0 unspecified atom stereocenters. The summed E-state index contributed by atoms with van der Waals surface area (Å²) in [5, 5.41) is 4.85. The van der Waals surface area contributed by atoms with Crippen molar-refractivity contribution in [3.63, 3.8) is 0 Å². The molecule has 132 valence electrons. The lowest BCUT2D eigenvalue weighted by Gasteiger charge is -2.56. The summed E-state index contributed by atoms with van der Waals surface area (Å²) in [7, 11) is 1.64. The number of ether oxygens (including phenoxy) is 1. The molecule has 1 aromatic carbocycles. The van der Waals surface area contributed by atoms with Crippen molar-refractivity contribution in [2.24, 2.45) is 23.2 Å². The van der Waals surface area contributed by atoms with Gasteiger partial charge in [-0.15, -0.1) is 0 Å². The molecule has 4 fully saturated rings. The highest BCUT2D eigenvalue weighted by Crippen LogP contribution is 2.61. The summed E-state index contributed by atoms with van der Waals surface area (Å²) in [6, 6.07) is 5.48. The van der Waals surface area contributed by atoms with Crippen LogP contribution in [0.4, 0.5) is 0 Å². The maximum absolute atomic E-state index is 6.13. The summed E-state index contributed by atoms with van der Waals surface area (Å²) in [6.45, 7) is 0. The van der Waals surface area contributed by atoms with Gasteiger partial charge < -0.3 is 9.26 Å². The highest BCUT2D eigenvalue weighted by atomic mass is 35.5. The highest BCUT2D eigenvalue weighted by molar-refractivity contribution is 6.30. The van der Waals surface area contributed by atoms with Crippen molar-refractivity contribution in [2.75, 3.05) is 7.11 Å². The highest BCUT2D eigenvalue weighted by Gasteiger charge is 2.51. The van der Waals surface area contributed by atoms with Crippen LogP contribution in [0, 0.1) is 23.2 Å². The summed E-state index contributed by atoms with van der Waals surface area (Å²) in [5.41, 5.74) is 1.19. The van der Waals surface area contributed by atoms with Crippen LogP contribution in [0.2, 0.25) is 5.02 Å². The van der Waals surface area contributed by atoms with Gasteiger partial charge in [0.25, 0.3) is 0 Å². The topological polar surface area (TPSA) is 48.2 Å². The van der Waals surface area contributed by atoms with Crippen LogP contribution in [-0.4, -0.2) is 17.3 Å². The Morgan fingerprint density at radius 3 is 2.48 bits per heavy atom. The minimum Gasteiger partial charge on any atom is -0.496 e. The zero-order chi connectivity index (χ0) is 17.0. The first kappa shape index (κ1) is 15.7. The van der Waals surface area contributed by atoms with Gasteiger partial charge in [0, 0.05) is 11.4 Å². The Hall–Kier alpha value is -1.55. The van der Waals surface area contributed by atoms with Crippen LogP contribution in [0.25, 0.3) is 11.4 Å². The quantitative estimate of drug-likeness (QED) is 0.757. The van der Waals surface area contributed by atoms with Gasteiger partial charge in [0.15, 0.2) is 0 Å². The molecule has 0 spiro atoms. The molecule has 0 atom stereocenters. The minimum atomic E-state index is 0.400. The van der Waals surface area contributed by atoms with E-state index in [1.807, 2.05) is 12.1 Å². The maximum atomic E-state index is 6.13. The van der Waals surface area contributed by atoms with Crippen LogP contribution < -0.4 is 4.74 Å². The lowest BCUT2D eigenvalue weighted by atomic mass is 9.49. The molecule has 4 saturated carbocycles. The van der Waals surface area contributed by atoms with Gasteiger partial charge in [0.2, 0.25) is 11.7 Å². The van der Waals surface area contributed by atoms with Crippen molar-refractivity contribution in [3.05, 3.63) is 29.1 Å². The third-order valence-corrected chi connectivity index (χ3v) is 6.80. The van der Waals surface area contributed by atoms with E-state index in [4.69, 9.17) is 20.9 Å². The zero-order valence-electron chi connectivity index (χ0n) is 14.5. The zero-order valence-corrected chi connectivity index (χ0v) is 15.3. The summed E-state index contributed by atoms with van der Waals surface area (Å²) in [4.78, 5) is 4.69. The Bertz CT molecular complexity index is 765. The summed E-state index contributed by atoms with van der Waals surface area (Å²) >= 11 is 6.13. The molecule has 0 amide bonds. The normalized spacial score (nSPS) is 33.0. The van der Waals surface area contributed by atoms with Crippen molar-refractivity contribution in [1.29, 1.82) is 0 Å². The number of hydrogen-bond donors (Lipinski definition) is 0. The Balaban J connectivity index is 1.41. The van der Waals surface area contributed by atoms with Crippen molar-refractivity contribution in [1.82, 2.24) is 10.1 Å².